The van der Waals surface area contributed by atoms with Gasteiger partial charge >= 0.3 is 5.97 Å². The molecule has 112 valence electrons. The van der Waals surface area contributed by atoms with Crippen LogP contribution in [0.5, 0.6) is 0 Å². The van der Waals surface area contributed by atoms with Crippen molar-refractivity contribution in [3.63, 3.8) is 0 Å². The van der Waals surface area contributed by atoms with Gasteiger partial charge in [-0.25, -0.2) is 9.78 Å². The third kappa shape index (κ3) is 3.47. The highest BCUT2D eigenvalue weighted by molar-refractivity contribution is 7.98. The molecule has 0 aliphatic heterocycles. The quantitative estimate of drug-likeness (QED) is 0.885. The van der Waals surface area contributed by atoms with Crippen molar-refractivity contribution in [3.8, 4) is 0 Å². The molecule has 4 nitrogen and oxygen atoms in total. The third-order valence-electron chi connectivity index (χ3n) is 3.67. The standard InChI is InChI=1S/C16H20N2O2S/c1-11(8-9-21-3)18(2)15-13-7-5-4-6-12(13)10-14(17-15)16(19)20/h4-7,10-11H,8-9H2,1-3H3,(H,19,20). The van der Waals surface area contributed by atoms with Gasteiger partial charge in [-0.1, -0.05) is 24.3 Å². The molecule has 1 heterocycles. The first-order chi connectivity index (χ1) is 10.0. The lowest BCUT2D eigenvalue weighted by Crippen LogP contribution is -2.30. The third-order valence-corrected chi connectivity index (χ3v) is 4.32. The van der Waals surface area contributed by atoms with E-state index >= 15 is 0 Å². The van der Waals surface area contributed by atoms with Gasteiger partial charge in [0.1, 0.15) is 5.82 Å². The highest BCUT2D eigenvalue weighted by atomic mass is 32.2. The monoisotopic (exact) mass is 304 g/mol. The molecular weight excluding hydrogens is 284 g/mol. The zero-order chi connectivity index (χ0) is 15.4. The summed E-state index contributed by atoms with van der Waals surface area (Å²) < 4.78 is 0. The lowest BCUT2D eigenvalue weighted by Gasteiger charge is -2.27. The molecule has 21 heavy (non-hydrogen) atoms. The van der Waals surface area contributed by atoms with Crippen molar-refractivity contribution in [1.29, 1.82) is 0 Å². The Kier molecular flexibility index (Phi) is 5.07. The second kappa shape index (κ2) is 6.80. The Bertz CT molecular complexity index is 645. The maximum Gasteiger partial charge on any atom is 0.354 e. The number of aromatic nitrogens is 1. The van der Waals surface area contributed by atoms with E-state index in [2.05, 4.69) is 23.1 Å². The van der Waals surface area contributed by atoms with Crippen molar-refractivity contribution in [1.82, 2.24) is 4.98 Å². The van der Waals surface area contributed by atoms with Crippen molar-refractivity contribution < 1.29 is 9.90 Å². The number of carboxylic acid groups (broad SMARTS) is 1. The molecule has 1 aromatic heterocycles. The summed E-state index contributed by atoms with van der Waals surface area (Å²) >= 11 is 1.81. The van der Waals surface area contributed by atoms with E-state index in [0.29, 0.717) is 6.04 Å². The molecule has 1 unspecified atom stereocenters. The van der Waals surface area contributed by atoms with Gasteiger partial charge < -0.3 is 10.0 Å². The van der Waals surface area contributed by atoms with Gasteiger partial charge in [0.05, 0.1) is 0 Å². The number of carbonyl (C=O) groups is 1. The summed E-state index contributed by atoms with van der Waals surface area (Å²) in [5, 5.41) is 11.1. The van der Waals surface area contributed by atoms with Crippen molar-refractivity contribution in [2.45, 2.75) is 19.4 Å². The molecule has 0 amide bonds. The zero-order valence-corrected chi connectivity index (χ0v) is 13.4. The number of aromatic carboxylic acids is 1. The number of thioether (sulfide) groups is 1. The van der Waals surface area contributed by atoms with Crippen molar-refractivity contribution in [2.24, 2.45) is 0 Å². The highest BCUT2D eigenvalue weighted by Crippen LogP contribution is 2.27. The number of hydrogen-bond donors (Lipinski definition) is 1. The van der Waals surface area contributed by atoms with Crippen LogP contribution >= 0.6 is 11.8 Å². The van der Waals surface area contributed by atoms with Gasteiger partial charge in [0.15, 0.2) is 5.69 Å². The first kappa shape index (κ1) is 15.6. The van der Waals surface area contributed by atoms with E-state index in [1.165, 1.54) is 0 Å². The lowest BCUT2D eigenvalue weighted by molar-refractivity contribution is 0.0691. The van der Waals surface area contributed by atoms with Crippen molar-refractivity contribution in [2.75, 3.05) is 24.0 Å². The number of anilines is 1. The summed E-state index contributed by atoms with van der Waals surface area (Å²) in [6.07, 6.45) is 3.12. The Balaban J connectivity index is 2.47. The fourth-order valence-corrected chi connectivity index (χ4v) is 2.83. The van der Waals surface area contributed by atoms with Crippen LogP contribution < -0.4 is 4.90 Å². The molecule has 0 aliphatic carbocycles. The number of fused-ring (bicyclic) bond motifs is 1. The van der Waals surface area contributed by atoms with Gasteiger partial charge in [0.2, 0.25) is 0 Å². The van der Waals surface area contributed by atoms with Crippen LogP contribution in [-0.2, 0) is 0 Å². The fourth-order valence-electron chi connectivity index (χ4n) is 2.25. The predicted molar refractivity (Wildman–Crippen MR) is 89.6 cm³/mol. The van der Waals surface area contributed by atoms with Crippen LogP contribution in [0.25, 0.3) is 10.8 Å². The van der Waals surface area contributed by atoms with Crippen molar-refractivity contribution in [3.05, 3.63) is 36.0 Å². The Hall–Kier alpha value is -1.75. The highest BCUT2D eigenvalue weighted by Gasteiger charge is 2.17. The van der Waals surface area contributed by atoms with Gasteiger partial charge in [0, 0.05) is 18.5 Å². The van der Waals surface area contributed by atoms with Gasteiger partial charge in [-0.3, -0.25) is 0 Å². The summed E-state index contributed by atoms with van der Waals surface area (Å²) in [7, 11) is 1.98. The Labute approximate surface area is 129 Å². The number of rotatable bonds is 6. The maximum absolute atomic E-state index is 11.3. The fraction of sp³-hybridized carbons (Fsp3) is 0.375. The Morgan fingerprint density at radius 1 is 1.43 bits per heavy atom. The summed E-state index contributed by atoms with van der Waals surface area (Å²) in [6, 6.07) is 9.71. The van der Waals surface area contributed by atoms with E-state index in [0.717, 1.165) is 28.8 Å². The van der Waals surface area contributed by atoms with E-state index in [1.54, 1.807) is 6.07 Å². The minimum Gasteiger partial charge on any atom is -0.477 e. The number of nitrogens with zero attached hydrogens (tertiary/aromatic N) is 2. The number of hydrogen-bond acceptors (Lipinski definition) is 4. The summed E-state index contributed by atoms with van der Waals surface area (Å²) in [5.41, 5.74) is 0.0904. The number of benzene rings is 1. The van der Waals surface area contributed by atoms with Crippen molar-refractivity contribution >= 4 is 34.3 Å². The van der Waals surface area contributed by atoms with Gasteiger partial charge in [-0.2, -0.15) is 11.8 Å². The first-order valence-corrected chi connectivity index (χ1v) is 8.29. The van der Waals surface area contributed by atoms with Crippen LogP contribution in [0, 0.1) is 0 Å². The zero-order valence-electron chi connectivity index (χ0n) is 12.5. The molecule has 1 aromatic carbocycles. The average Bonchev–Trinajstić information content (AvgIpc) is 2.50. The first-order valence-electron chi connectivity index (χ1n) is 6.89. The molecular formula is C16H20N2O2S. The van der Waals surface area contributed by atoms with Gasteiger partial charge in [0.25, 0.3) is 0 Å². The lowest BCUT2D eigenvalue weighted by atomic mass is 10.1. The maximum atomic E-state index is 11.3. The van der Waals surface area contributed by atoms with E-state index < -0.39 is 5.97 Å². The summed E-state index contributed by atoms with van der Waals surface area (Å²) in [6.45, 7) is 2.14. The van der Waals surface area contributed by atoms with Crippen LogP contribution in [0.1, 0.15) is 23.8 Å². The molecule has 0 saturated heterocycles. The molecule has 0 spiro atoms. The minimum atomic E-state index is -0.993. The van der Waals surface area contributed by atoms with E-state index in [4.69, 9.17) is 0 Å². The molecule has 0 fully saturated rings. The molecule has 2 aromatic rings. The minimum absolute atomic E-state index is 0.0904. The molecule has 0 radical (unpaired) electrons. The van der Waals surface area contributed by atoms with E-state index in [1.807, 2.05) is 43.1 Å². The molecule has 5 heteroatoms. The normalized spacial score (nSPS) is 12.3. The molecule has 0 bridgehead atoms. The number of pyridine rings is 1. The van der Waals surface area contributed by atoms with Crippen LogP contribution in [0.4, 0.5) is 5.82 Å². The molecule has 1 atom stereocenters. The topological polar surface area (TPSA) is 53.4 Å². The average molecular weight is 304 g/mol. The SMILES string of the molecule is CSCCC(C)N(C)c1nc(C(=O)O)cc2ccccc12. The largest absolute Gasteiger partial charge is 0.477 e. The van der Waals surface area contributed by atoms with Gasteiger partial charge in [-0.15, -0.1) is 0 Å². The van der Waals surface area contributed by atoms with Crippen LogP contribution in [0.3, 0.4) is 0 Å². The van der Waals surface area contributed by atoms with E-state index in [-0.39, 0.29) is 5.69 Å². The number of carboxylic acids is 1. The Morgan fingerprint density at radius 3 is 2.81 bits per heavy atom. The second-order valence-electron chi connectivity index (χ2n) is 5.10. The van der Waals surface area contributed by atoms with Gasteiger partial charge in [-0.05, 0) is 36.8 Å². The van der Waals surface area contributed by atoms with E-state index in [9.17, 15) is 9.90 Å². The summed E-state index contributed by atoms with van der Waals surface area (Å²) in [5.74, 6) is 0.813. The Morgan fingerprint density at radius 2 is 2.14 bits per heavy atom. The van der Waals surface area contributed by atoms with Crippen LogP contribution in [0.15, 0.2) is 30.3 Å². The smallest absolute Gasteiger partial charge is 0.354 e. The predicted octanol–water partition coefficient (Wildman–Crippen LogP) is 3.51. The van der Waals surface area contributed by atoms with Crippen LogP contribution in [-0.4, -0.2) is 41.2 Å². The molecule has 2 rings (SSSR count). The molecule has 0 aliphatic rings. The second-order valence-corrected chi connectivity index (χ2v) is 6.08. The summed E-state index contributed by atoms with van der Waals surface area (Å²) in [4.78, 5) is 17.7. The molecule has 1 N–H and O–H groups in total. The molecule has 0 saturated carbocycles. The van der Waals surface area contributed by atoms with Crippen LogP contribution in [0.2, 0.25) is 0 Å².